The van der Waals surface area contributed by atoms with Gasteiger partial charge in [0, 0.05) is 28.9 Å². The van der Waals surface area contributed by atoms with Crippen LogP contribution in [-0.2, 0) is 6.54 Å². The number of likely N-dealkylation sites (N-methyl/N-ethyl adjacent to an activating group) is 1. The molecule has 78 valence electrons. The Bertz CT molecular complexity index is 295. The molecule has 1 N–H and O–H groups in total. The molecule has 0 radical (unpaired) electrons. The molecular weight excluding hydrogens is 192 g/mol. The van der Waals surface area contributed by atoms with Crippen LogP contribution in [0.3, 0.4) is 0 Å². The lowest BCUT2D eigenvalue weighted by molar-refractivity contribution is 0.398. The Hall–Kier alpha value is -0.380. The van der Waals surface area contributed by atoms with E-state index in [1.807, 2.05) is 11.3 Å². The van der Waals surface area contributed by atoms with Gasteiger partial charge in [0.15, 0.2) is 0 Å². The summed E-state index contributed by atoms with van der Waals surface area (Å²) in [6.07, 6.45) is 1.29. The number of hydrogen-bond acceptors (Lipinski definition) is 3. The van der Waals surface area contributed by atoms with Gasteiger partial charge in [0.2, 0.25) is 0 Å². The normalized spacial score (nSPS) is 23.1. The van der Waals surface area contributed by atoms with E-state index in [1.54, 1.807) is 0 Å². The summed E-state index contributed by atoms with van der Waals surface area (Å²) in [5.41, 5.74) is 0. The maximum absolute atomic E-state index is 3.61. The van der Waals surface area contributed by atoms with Crippen molar-refractivity contribution < 1.29 is 0 Å². The van der Waals surface area contributed by atoms with Crippen molar-refractivity contribution in [2.75, 3.05) is 20.1 Å². The Morgan fingerprint density at radius 3 is 3.00 bits per heavy atom. The van der Waals surface area contributed by atoms with E-state index in [0.717, 1.165) is 6.54 Å². The first-order valence-corrected chi connectivity index (χ1v) is 6.03. The van der Waals surface area contributed by atoms with Crippen LogP contribution in [0, 0.1) is 6.92 Å². The van der Waals surface area contributed by atoms with E-state index >= 15 is 0 Å². The summed E-state index contributed by atoms with van der Waals surface area (Å²) in [5, 5.41) is 3.61. The standard InChI is InChI=1S/C11H18N2S/c1-9-3-4-11(14-9)7-12-10-5-6-13(2)8-10/h3-4,10,12H,5-8H2,1-2H3/t10-/m0/s1. The molecule has 0 bridgehead atoms. The molecule has 0 spiro atoms. The molecule has 0 aromatic carbocycles. The van der Waals surface area contributed by atoms with Gasteiger partial charge in [0.05, 0.1) is 0 Å². The zero-order chi connectivity index (χ0) is 9.97. The van der Waals surface area contributed by atoms with E-state index in [1.165, 1.54) is 29.3 Å². The minimum atomic E-state index is 0.697. The summed E-state index contributed by atoms with van der Waals surface area (Å²) in [5.74, 6) is 0. The number of nitrogens with one attached hydrogen (secondary N) is 1. The van der Waals surface area contributed by atoms with Crippen LogP contribution >= 0.6 is 11.3 Å². The predicted molar refractivity (Wildman–Crippen MR) is 61.8 cm³/mol. The second-order valence-electron chi connectivity index (χ2n) is 4.14. The molecule has 0 aliphatic carbocycles. The molecule has 2 nitrogen and oxygen atoms in total. The van der Waals surface area contributed by atoms with Gasteiger partial charge in [0.1, 0.15) is 0 Å². The average Bonchev–Trinajstić information content (AvgIpc) is 2.72. The lowest BCUT2D eigenvalue weighted by atomic mass is 10.2. The molecule has 2 rings (SSSR count). The van der Waals surface area contributed by atoms with E-state index in [4.69, 9.17) is 0 Å². The van der Waals surface area contributed by atoms with Crippen LogP contribution in [0.25, 0.3) is 0 Å². The SMILES string of the molecule is Cc1ccc(CN[C@H]2CCN(C)C2)s1. The summed E-state index contributed by atoms with van der Waals surface area (Å²) in [6.45, 7) is 5.64. The summed E-state index contributed by atoms with van der Waals surface area (Å²) in [4.78, 5) is 5.25. The second-order valence-corrected chi connectivity index (χ2v) is 5.51. The molecule has 1 saturated heterocycles. The first-order chi connectivity index (χ1) is 6.74. The van der Waals surface area contributed by atoms with E-state index in [2.05, 4.69) is 36.3 Å². The van der Waals surface area contributed by atoms with Crippen molar-refractivity contribution in [1.29, 1.82) is 0 Å². The van der Waals surface area contributed by atoms with Crippen LogP contribution < -0.4 is 5.32 Å². The number of rotatable bonds is 3. The first-order valence-electron chi connectivity index (χ1n) is 5.21. The van der Waals surface area contributed by atoms with Gasteiger partial charge in [-0.25, -0.2) is 0 Å². The van der Waals surface area contributed by atoms with Crippen LogP contribution in [0.5, 0.6) is 0 Å². The van der Waals surface area contributed by atoms with E-state index in [-0.39, 0.29) is 0 Å². The minimum Gasteiger partial charge on any atom is -0.308 e. The molecule has 1 atom stereocenters. The Kier molecular flexibility index (Phi) is 3.21. The van der Waals surface area contributed by atoms with Crippen LogP contribution in [0.2, 0.25) is 0 Å². The van der Waals surface area contributed by atoms with E-state index in [0.29, 0.717) is 6.04 Å². The van der Waals surface area contributed by atoms with Gasteiger partial charge in [-0.2, -0.15) is 0 Å². The molecule has 1 fully saturated rings. The monoisotopic (exact) mass is 210 g/mol. The smallest absolute Gasteiger partial charge is 0.0302 e. The van der Waals surface area contributed by atoms with Crippen molar-refractivity contribution in [3.8, 4) is 0 Å². The maximum Gasteiger partial charge on any atom is 0.0302 e. The van der Waals surface area contributed by atoms with Gasteiger partial charge in [-0.05, 0) is 39.1 Å². The van der Waals surface area contributed by atoms with Gasteiger partial charge in [-0.15, -0.1) is 11.3 Å². The van der Waals surface area contributed by atoms with E-state index < -0.39 is 0 Å². The zero-order valence-electron chi connectivity index (χ0n) is 8.92. The van der Waals surface area contributed by atoms with Gasteiger partial charge >= 0.3 is 0 Å². The number of nitrogens with zero attached hydrogens (tertiary/aromatic N) is 1. The lowest BCUT2D eigenvalue weighted by Crippen LogP contribution is -2.30. The topological polar surface area (TPSA) is 15.3 Å². The summed E-state index contributed by atoms with van der Waals surface area (Å²) in [6, 6.07) is 5.12. The highest BCUT2D eigenvalue weighted by Gasteiger charge is 2.18. The molecular formula is C11H18N2S. The highest BCUT2D eigenvalue weighted by Crippen LogP contribution is 2.15. The second kappa shape index (κ2) is 4.43. The van der Waals surface area contributed by atoms with Crippen molar-refractivity contribution in [2.24, 2.45) is 0 Å². The summed E-state index contributed by atoms with van der Waals surface area (Å²) >= 11 is 1.90. The van der Waals surface area contributed by atoms with Crippen molar-refractivity contribution in [3.05, 3.63) is 21.9 Å². The fourth-order valence-corrected chi connectivity index (χ4v) is 2.77. The van der Waals surface area contributed by atoms with Crippen LogP contribution in [-0.4, -0.2) is 31.1 Å². The summed E-state index contributed by atoms with van der Waals surface area (Å²) in [7, 11) is 2.19. The molecule has 0 unspecified atom stereocenters. The zero-order valence-corrected chi connectivity index (χ0v) is 9.73. The van der Waals surface area contributed by atoms with Crippen LogP contribution in [0.15, 0.2) is 12.1 Å². The fraction of sp³-hybridized carbons (Fsp3) is 0.636. The number of likely N-dealkylation sites (tertiary alicyclic amines) is 1. The van der Waals surface area contributed by atoms with Crippen molar-refractivity contribution in [1.82, 2.24) is 10.2 Å². The molecule has 3 heteroatoms. The molecule has 1 aromatic heterocycles. The quantitative estimate of drug-likeness (QED) is 0.819. The van der Waals surface area contributed by atoms with Crippen molar-refractivity contribution in [2.45, 2.75) is 25.9 Å². The largest absolute Gasteiger partial charge is 0.308 e. The Morgan fingerprint density at radius 2 is 2.43 bits per heavy atom. The Labute approximate surface area is 89.9 Å². The highest BCUT2D eigenvalue weighted by atomic mass is 32.1. The molecule has 0 saturated carbocycles. The number of thiophene rings is 1. The molecule has 14 heavy (non-hydrogen) atoms. The first kappa shape index (κ1) is 10.1. The third-order valence-corrected chi connectivity index (χ3v) is 3.75. The van der Waals surface area contributed by atoms with Gasteiger partial charge in [-0.1, -0.05) is 0 Å². The molecule has 1 aromatic rings. The third kappa shape index (κ3) is 2.56. The fourth-order valence-electron chi connectivity index (χ4n) is 1.93. The van der Waals surface area contributed by atoms with Crippen molar-refractivity contribution in [3.63, 3.8) is 0 Å². The maximum atomic E-state index is 3.61. The van der Waals surface area contributed by atoms with Gasteiger partial charge in [-0.3, -0.25) is 0 Å². The Balaban J connectivity index is 1.77. The lowest BCUT2D eigenvalue weighted by Gasteiger charge is -2.11. The predicted octanol–water partition coefficient (Wildman–Crippen LogP) is 1.85. The highest BCUT2D eigenvalue weighted by molar-refractivity contribution is 7.11. The third-order valence-electron chi connectivity index (χ3n) is 2.75. The molecule has 1 aliphatic rings. The van der Waals surface area contributed by atoms with Gasteiger partial charge < -0.3 is 10.2 Å². The Morgan fingerprint density at radius 1 is 1.57 bits per heavy atom. The average molecular weight is 210 g/mol. The number of aryl methyl sites for hydroxylation is 1. The van der Waals surface area contributed by atoms with Gasteiger partial charge in [0.25, 0.3) is 0 Å². The van der Waals surface area contributed by atoms with Crippen LogP contribution in [0.1, 0.15) is 16.2 Å². The molecule has 0 amide bonds. The molecule has 1 aliphatic heterocycles. The number of hydrogen-bond donors (Lipinski definition) is 1. The summed E-state index contributed by atoms with van der Waals surface area (Å²) < 4.78 is 0. The molecule has 2 heterocycles. The van der Waals surface area contributed by atoms with Crippen LogP contribution in [0.4, 0.5) is 0 Å². The van der Waals surface area contributed by atoms with E-state index in [9.17, 15) is 0 Å². The van der Waals surface area contributed by atoms with Crippen molar-refractivity contribution >= 4 is 11.3 Å². The minimum absolute atomic E-state index is 0.697.